The minimum atomic E-state index is -0.364. The Morgan fingerprint density at radius 3 is 2.70 bits per heavy atom. The van der Waals surface area contributed by atoms with Gasteiger partial charge in [-0.25, -0.2) is 4.79 Å². The van der Waals surface area contributed by atoms with Crippen molar-refractivity contribution in [3.63, 3.8) is 0 Å². The van der Waals surface area contributed by atoms with E-state index in [0.717, 1.165) is 18.7 Å². The van der Waals surface area contributed by atoms with E-state index in [1.54, 1.807) is 0 Å². The molecule has 110 valence electrons. The predicted molar refractivity (Wildman–Crippen MR) is 79.7 cm³/mol. The summed E-state index contributed by atoms with van der Waals surface area (Å²) in [6, 6.07) is 7.85. The molecule has 1 atom stereocenters. The van der Waals surface area contributed by atoms with Crippen LogP contribution in [-0.2, 0) is 9.53 Å². The monoisotopic (exact) mass is 276 g/mol. The molecule has 4 heteroatoms. The summed E-state index contributed by atoms with van der Waals surface area (Å²) in [4.78, 5) is 14.2. The Hall–Kier alpha value is -1.39. The van der Waals surface area contributed by atoms with E-state index in [9.17, 15) is 4.79 Å². The van der Waals surface area contributed by atoms with E-state index in [2.05, 4.69) is 16.3 Å². The number of hydrogen-bond acceptors (Lipinski definition) is 4. The maximum Gasteiger partial charge on any atom is 0.327 e. The number of rotatable bonds is 7. The molecule has 0 bridgehead atoms. The average molecular weight is 276 g/mol. The van der Waals surface area contributed by atoms with Crippen LogP contribution in [0.3, 0.4) is 0 Å². The molecule has 20 heavy (non-hydrogen) atoms. The topological polar surface area (TPSA) is 41.6 Å². The summed E-state index contributed by atoms with van der Waals surface area (Å²) >= 11 is 0. The molecule has 2 rings (SSSR count). The maximum absolute atomic E-state index is 12.1. The van der Waals surface area contributed by atoms with Gasteiger partial charge in [0, 0.05) is 13.1 Å². The lowest BCUT2D eigenvalue weighted by Gasteiger charge is -2.21. The molecule has 1 aromatic carbocycles. The zero-order valence-corrected chi connectivity index (χ0v) is 12.6. The minimum absolute atomic E-state index is 0.211. The van der Waals surface area contributed by atoms with Crippen LogP contribution in [0.25, 0.3) is 0 Å². The largest absolute Gasteiger partial charge is 0.468 e. The summed E-state index contributed by atoms with van der Waals surface area (Å²) in [5.41, 5.74) is 2.36. The van der Waals surface area contributed by atoms with E-state index >= 15 is 0 Å². The number of hydrogen-bond donors (Lipinski definition) is 1. The van der Waals surface area contributed by atoms with Gasteiger partial charge in [-0.05, 0) is 44.0 Å². The third-order valence-corrected chi connectivity index (χ3v) is 3.67. The van der Waals surface area contributed by atoms with E-state index in [4.69, 9.17) is 4.74 Å². The number of esters is 1. The van der Waals surface area contributed by atoms with Gasteiger partial charge in [0.2, 0.25) is 0 Å². The molecule has 1 N–H and O–H groups in total. The highest BCUT2D eigenvalue weighted by atomic mass is 16.5. The van der Waals surface area contributed by atoms with E-state index < -0.39 is 0 Å². The van der Waals surface area contributed by atoms with Crippen LogP contribution in [-0.4, -0.2) is 45.2 Å². The molecule has 1 aliphatic rings. The molecule has 0 saturated heterocycles. The van der Waals surface area contributed by atoms with Crippen molar-refractivity contribution < 1.29 is 9.53 Å². The highest BCUT2D eigenvalue weighted by molar-refractivity contribution is 5.78. The fourth-order valence-corrected chi connectivity index (χ4v) is 2.41. The van der Waals surface area contributed by atoms with Crippen molar-refractivity contribution in [2.75, 3.05) is 34.3 Å². The number of ether oxygens (including phenoxy) is 1. The van der Waals surface area contributed by atoms with Gasteiger partial charge in [0.05, 0.1) is 7.11 Å². The molecule has 1 aliphatic carbocycles. The number of nitrogens with one attached hydrogen (secondary N) is 1. The first-order chi connectivity index (χ1) is 9.63. The van der Waals surface area contributed by atoms with Gasteiger partial charge in [-0.1, -0.05) is 24.3 Å². The molecule has 0 aromatic heterocycles. The Morgan fingerprint density at radius 1 is 1.40 bits per heavy atom. The molecule has 0 amide bonds. The average Bonchev–Trinajstić information content (AvgIpc) is 3.27. The number of carbonyl (C=O) groups excluding carboxylic acids is 1. The van der Waals surface area contributed by atoms with Crippen LogP contribution in [0.15, 0.2) is 24.3 Å². The molecule has 0 heterocycles. The van der Waals surface area contributed by atoms with Crippen molar-refractivity contribution in [2.24, 2.45) is 0 Å². The van der Waals surface area contributed by atoms with Crippen molar-refractivity contribution in [3.8, 4) is 0 Å². The highest BCUT2D eigenvalue weighted by Crippen LogP contribution is 2.43. The third-order valence-electron chi connectivity index (χ3n) is 3.67. The first-order valence-electron chi connectivity index (χ1n) is 7.18. The Kier molecular flexibility index (Phi) is 5.15. The summed E-state index contributed by atoms with van der Waals surface area (Å²) < 4.78 is 4.96. The summed E-state index contributed by atoms with van der Waals surface area (Å²) in [6.45, 7) is 1.64. The Bertz CT molecular complexity index is 456. The smallest absolute Gasteiger partial charge is 0.327 e. The maximum atomic E-state index is 12.1. The molecule has 1 unspecified atom stereocenters. The molecule has 0 radical (unpaired) electrons. The lowest BCUT2D eigenvalue weighted by atomic mass is 9.97. The minimum Gasteiger partial charge on any atom is -0.468 e. The van der Waals surface area contributed by atoms with Crippen LogP contribution >= 0.6 is 0 Å². The fraction of sp³-hybridized carbons (Fsp3) is 0.562. The second-order valence-electron chi connectivity index (χ2n) is 5.62. The van der Waals surface area contributed by atoms with Gasteiger partial charge in [0.15, 0.2) is 0 Å². The predicted octanol–water partition coefficient (Wildman–Crippen LogP) is 1.93. The van der Waals surface area contributed by atoms with Gasteiger partial charge in [0.25, 0.3) is 0 Å². The molecule has 1 aromatic rings. The van der Waals surface area contributed by atoms with Crippen LogP contribution < -0.4 is 5.32 Å². The summed E-state index contributed by atoms with van der Waals surface area (Å²) in [7, 11) is 5.49. The van der Waals surface area contributed by atoms with E-state index in [0.29, 0.717) is 5.92 Å². The zero-order chi connectivity index (χ0) is 14.5. The summed E-state index contributed by atoms with van der Waals surface area (Å²) in [6.07, 6.45) is 2.45. The number of likely N-dealkylation sites (N-methyl/N-ethyl adjacent to an activating group) is 1. The first-order valence-corrected chi connectivity index (χ1v) is 7.18. The molecule has 1 fully saturated rings. The highest BCUT2D eigenvalue weighted by Gasteiger charge is 2.30. The normalized spacial score (nSPS) is 16.2. The van der Waals surface area contributed by atoms with Crippen LogP contribution in [0, 0.1) is 0 Å². The van der Waals surface area contributed by atoms with Crippen LogP contribution in [0.2, 0.25) is 0 Å². The van der Waals surface area contributed by atoms with Crippen LogP contribution in [0.1, 0.15) is 35.9 Å². The molecule has 0 aliphatic heterocycles. The van der Waals surface area contributed by atoms with Gasteiger partial charge >= 0.3 is 5.97 Å². The Labute approximate surface area is 121 Å². The first kappa shape index (κ1) is 15.0. The molecular weight excluding hydrogens is 252 g/mol. The van der Waals surface area contributed by atoms with Gasteiger partial charge in [-0.15, -0.1) is 0 Å². The quantitative estimate of drug-likeness (QED) is 0.773. The summed E-state index contributed by atoms with van der Waals surface area (Å²) in [5.74, 6) is 0.408. The van der Waals surface area contributed by atoms with E-state index in [1.807, 2.05) is 32.3 Å². The van der Waals surface area contributed by atoms with Crippen LogP contribution in [0.5, 0.6) is 0 Å². The molecule has 4 nitrogen and oxygen atoms in total. The van der Waals surface area contributed by atoms with Crippen molar-refractivity contribution >= 4 is 5.97 Å². The van der Waals surface area contributed by atoms with Crippen molar-refractivity contribution in [3.05, 3.63) is 35.4 Å². The lowest BCUT2D eigenvalue weighted by Crippen LogP contribution is -2.35. The molecule has 1 saturated carbocycles. The second-order valence-corrected chi connectivity index (χ2v) is 5.62. The third kappa shape index (κ3) is 3.81. The second kappa shape index (κ2) is 6.86. The standard InChI is InChI=1S/C16H24N2O2/c1-18(2)11-10-17-15(16(19)20-3)14-7-5-4-6-13(14)12-8-9-12/h4-7,12,15,17H,8-11H2,1-3H3. The fourth-order valence-electron chi connectivity index (χ4n) is 2.41. The van der Waals surface area contributed by atoms with Gasteiger partial charge in [-0.3, -0.25) is 5.32 Å². The zero-order valence-electron chi connectivity index (χ0n) is 12.6. The van der Waals surface area contributed by atoms with E-state index in [-0.39, 0.29) is 12.0 Å². The Morgan fingerprint density at radius 2 is 2.10 bits per heavy atom. The SMILES string of the molecule is COC(=O)C(NCCN(C)C)c1ccccc1C1CC1. The molecule has 0 spiro atoms. The van der Waals surface area contributed by atoms with Crippen molar-refractivity contribution in [1.82, 2.24) is 10.2 Å². The Balaban J connectivity index is 2.15. The number of methoxy groups -OCH3 is 1. The van der Waals surface area contributed by atoms with E-state index in [1.165, 1.54) is 25.5 Å². The molecular formula is C16H24N2O2. The number of nitrogens with zero attached hydrogens (tertiary/aromatic N) is 1. The number of carbonyl (C=O) groups is 1. The van der Waals surface area contributed by atoms with Gasteiger partial charge in [-0.2, -0.15) is 0 Å². The lowest BCUT2D eigenvalue weighted by molar-refractivity contribution is -0.143. The van der Waals surface area contributed by atoms with Crippen molar-refractivity contribution in [1.29, 1.82) is 0 Å². The number of benzene rings is 1. The van der Waals surface area contributed by atoms with Gasteiger partial charge < -0.3 is 9.64 Å². The van der Waals surface area contributed by atoms with Crippen molar-refractivity contribution in [2.45, 2.75) is 24.8 Å². The van der Waals surface area contributed by atoms with Crippen LogP contribution in [0.4, 0.5) is 0 Å². The summed E-state index contributed by atoms with van der Waals surface area (Å²) in [5, 5.41) is 3.32. The van der Waals surface area contributed by atoms with Gasteiger partial charge in [0.1, 0.15) is 6.04 Å².